The van der Waals surface area contributed by atoms with Crippen LogP contribution in [-0.4, -0.2) is 60.4 Å². The molecule has 6 nitrogen and oxygen atoms in total. The molecular weight excluding hydrogens is 438 g/mol. The van der Waals surface area contributed by atoms with Crippen molar-refractivity contribution >= 4 is 17.5 Å². The highest BCUT2D eigenvalue weighted by atomic mass is 16.5. The topological polar surface area (TPSA) is 61.9 Å². The second kappa shape index (κ2) is 10.8. The molecule has 0 spiro atoms. The lowest BCUT2D eigenvalue weighted by Gasteiger charge is -2.57. The second-order valence-corrected chi connectivity index (χ2v) is 10.3. The quantitative estimate of drug-likeness (QED) is 0.624. The number of hydrogen-bond donors (Lipinski definition) is 1. The van der Waals surface area contributed by atoms with Crippen molar-refractivity contribution in [1.29, 1.82) is 0 Å². The number of benzene rings is 2. The van der Waals surface area contributed by atoms with E-state index in [4.69, 9.17) is 4.74 Å². The van der Waals surface area contributed by atoms with E-state index in [0.717, 1.165) is 25.1 Å². The fraction of sp³-hybridized carbons (Fsp3) is 0.517. The molecule has 0 aliphatic carbocycles. The lowest BCUT2D eigenvalue weighted by Crippen LogP contribution is -2.65. The third-order valence-corrected chi connectivity index (χ3v) is 8.21. The molecule has 3 fully saturated rings. The average Bonchev–Trinajstić information content (AvgIpc) is 2.90. The number of ether oxygens (including phenoxy) is 1. The minimum atomic E-state index is 0.0403. The van der Waals surface area contributed by atoms with Crippen LogP contribution in [0.5, 0.6) is 5.75 Å². The monoisotopic (exact) mass is 475 g/mol. The normalized spacial score (nSPS) is 26.0. The van der Waals surface area contributed by atoms with Gasteiger partial charge in [-0.1, -0.05) is 24.3 Å². The number of para-hydroxylation sites is 1. The number of hydrogen-bond acceptors (Lipinski definition) is 4. The van der Waals surface area contributed by atoms with Crippen LogP contribution in [0.1, 0.15) is 55.3 Å². The molecule has 0 bridgehead atoms. The van der Waals surface area contributed by atoms with Crippen LogP contribution in [0.4, 0.5) is 5.69 Å². The number of amides is 2. The summed E-state index contributed by atoms with van der Waals surface area (Å²) in [5.41, 5.74) is 1.52. The smallest absolute Gasteiger partial charge is 0.254 e. The Labute approximate surface area is 208 Å². The first kappa shape index (κ1) is 23.9. The van der Waals surface area contributed by atoms with Gasteiger partial charge in [-0.3, -0.25) is 14.5 Å². The molecule has 0 saturated carbocycles. The first-order chi connectivity index (χ1) is 17.1. The highest BCUT2D eigenvalue weighted by Crippen LogP contribution is 2.43. The Hall–Kier alpha value is -2.86. The summed E-state index contributed by atoms with van der Waals surface area (Å²) in [6.07, 6.45) is 6.89. The van der Waals surface area contributed by atoms with Crippen LogP contribution in [0.25, 0.3) is 0 Å². The van der Waals surface area contributed by atoms with Crippen LogP contribution in [0.15, 0.2) is 54.6 Å². The molecule has 5 rings (SSSR count). The molecule has 2 amide bonds. The van der Waals surface area contributed by atoms with Gasteiger partial charge >= 0.3 is 0 Å². The molecule has 3 heterocycles. The van der Waals surface area contributed by atoms with Crippen molar-refractivity contribution in [2.24, 2.45) is 11.8 Å². The Bertz CT molecular complexity index is 1020. The van der Waals surface area contributed by atoms with E-state index in [1.807, 2.05) is 54.6 Å². The van der Waals surface area contributed by atoms with Crippen molar-refractivity contribution in [1.82, 2.24) is 9.80 Å². The molecule has 0 radical (unpaired) electrons. The van der Waals surface area contributed by atoms with Gasteiger partial charge in [-0.25, -0.2) is 0 Å². The molecule has 3 aliphatic heterocycles. The third-order valence-electron chi connectivity index (χ3n) is 8.21. The fourth-order valence-corrected chi connectivity index (χ4v) is 6.74. The Morgan fingerprint density at radius 1 is 1.03 bits per heavy atom. The zero-order valence-corrected chi connectivity index (χ0v) is 20.7. The lowest BCUT2D eigenvalue weighted by molar-refractivity contribution is -0.116. The van der Waals surface area contributed by atoms with Gasteiger partial charge < -0.3 is 15.0 Å². The number of anilines is 1. The van der Waals surface area contributed by atoms with Crippen molar-refractivity contribution in [3.05, 3.63) is 60.2 Å². The first-order valence-electron chi connectivity index (χ1n) is 13.2. The van der Waals surface area contributed by atoms with Crippen molar-refractivity contribution in [3.63, 3.8) is 0 Å². The van der Waals surface area contributed by atoms with Crippen molar-refractivity contribution in [2.45, 2.75) is 57.0 Å². The van der Waals surface area contributed by atoms with E-state index in [9.17, 15) is 9.59 Å². The van der Waals surface area contributed by atoms with Crippen LogP contribution >= 0.6 is 0 Å². The molecule has 3 aliphatic rings. The van der Waals surface area contributed by atoms with E-state index < -0.39 is 0 Å². The van der Waals surface area contributed by atoms with Gasteiger partial charge in [-0.2, -0.15) is 0 Å². The van der Waals surface area contributed by atoms with E-state index in [0.29, 0.717) is 35.6 Å². The summed E-state index contributed by atoms with van der Waals surface area (Å²) < 4.78 is 5.39. The maximum atomic E-state index is 13.8. The van der Waals surface area contributed by atoms with Crippen molar-refractivity contribution in [2.75, 3.05) is 32.1 Å². The lowest BCUT2D eigenvalue weighted by atomic mass is 9.69. The second-order valence-electron chi connectivity index (χ2n) is 10.3. The van der Waals surface area contributed by atoms with Gasteiger partial charge in [0.05, 0.1) is 7.11 Å². The number of rotatable bonds is 7. The maximum Gasteiger partial charge on any atom is 0.254 e. The number of methoxy groups -OCH3 is 1. The van der Waals surface area contributed by atoms with Gasteiger partial charge in [0.25, 0.3) is 5.91 Å². The van der Waals surface area contributed by atoms with Gasteiger partial charge in [-0.05, 0) is 93.8 Å². The van der Waals surface area contributed by atoms with Gasteiger partial charge in [-0.15, -0.1) is 0 Å². The largest absolute Gasteiger partial charge is 0.497 e. The van der Waals surface area contributed by atoms with Gasteiger partial charge in [0, 0.05) is 36.3 Å². The minimum Gasteiger partial charge on any atom is -0.497 e. The summed E-state index contributed by atoms with van der Waals surface area (Å²) in [7, 11) is 1.64. The third kappa shape index (κ3) is 5.22. The standard InChI is InChI=1S/C29H37N3O3/c1-35-24-13-5-9-21(19-24)29(34)32-20-22-10-7-17-31-18-8-14-25(28(22)31)26(32)15-6-16-27(33)30-23-11-3-2-4-12-23/h2-5,9,11-13,19,22,25-26,28H,6-8,10,14-18,20H2,1H3,(H,30,33)/t22-,25+,26+,28-/m0/s1. The molecule has 2 aromatic carbocycles. The number of piperidine rings is 3. The van der Waals surface area contributed by atoms with Crippen molar-refractivity contribution < 1.29 is 14.3 Å². The van der Waals surface area contributed by atoms with E-state index in [1.165, 1.54) is 38.8 Å². The minimum absolute atomic E-state index is 0.0403. The predicted octanol–water partition coefficient (Wildman–Crippen LogP) is 4.82. The molecular formula is C29H37N3O3. The number of nitrogens with zero attached hydrogens (tertiary/aromatic N) is 2. The first-order valence-corrected chi connectivity index (χ1v) is 13.2. The van der Waals surface area contributed by atoms with E-state index in [-0.39, 0.29) is 17.9 Å². The summed E-state index contributed by atoms with van der Waals surface area (Å²) in [6, 6.07) is 17.9. The Balaban J connectivity index is 1.33. The Morgan fingerprint density at radius 2 is 1.83 bits per heavy atom. The van der Waals surface area contributed by atoms with Gasteiger partial charge in [0.15, 0.2) is 0 Å². The molecule has 186 valence electrons. The summed E-state index contributed by atoms with van der Waals surface area (Å²) in [5, 5.41) is 3.00. The van der Waals surface area contributed by atoms with Crippen molar-refractivity contribution in [3.8, 4) is 5.75 Å². The number of carbonyl (C=O) groups excluding carboxylic acids is 2. The average molecular weight is 476 g/mol. The highest BCUT2D eigenvalue weighted by Gasteiger charge is 2.49. The summed E-state index contributed by atoms with van der Waals surface area (Å²) in [6.45, 7) is 3.19. The summed E-state index contributed by atoms with van der Waals surface area (Å²) in [4.78, 5) is 31.3. The van der Waals surface area contributed by atoms with E-state index >= 15 is 0 Å². The molecule has 0 aromatic heterocycles. The fourth-order valence-electron chi connectivity index (χ4n) is 6.74. The summed E-state index contributed by atoms with van der Waals surface area (Å²) in [5.74, 6) is 1.87. The SMILES string of the molecule is COc1cccc(C(=O)N2C[C@@H]3CCCN4CCC[C@@H]([C@H]34)[C@H]2CCCC(=O)Nc2ccccc2)c1. The van der Waals surface area contributed by atoms with Crippen LogP contribution in [0, 0.1) is 11.8 Å². The molecule has 6 heteroatoms. The molecule has 35 heavy (non-hydrogen) atoms. The zero-order valence-electron chi connectivity index (χ0n) is 20.7. The van der Waals surface area contributed by atoms with Gasteiger partial charge in [0.2, 0.25) is 5.91 Å². The summed E-state index contributed by atoms with van der Waals surface area (Å²) >= 11 is 0. The zero-order chi connectivity index (χ0) is 24.2. The highest BCUT2D eigenvalue weighted by molar-refractivity contribution is 5.95. The van der Waals surface area contributed by atoms with E-state index in [2.05, 4.69) is 15.1 Å². The number of nitrogens with one attached hydrogen (secondary N) is 1. The van der Waals surface area contributed by atoms with Crippen LogP contribution in [-0.2, 0) is 4.79 Å². The Morgan fingerprint density at radius 3 is 2.63 bits per heavy atom. The van der Waals surface area contributed by atoms with E-state index in [1.54, 1.807) is 7.11 Å². The molecule has 2 aromatic rings. The van der Waals surface area contributed by atoms with Crippen LogP contribution in [0.2, 0.25) is 0 Å². The molecule has 4 atom stereocenters. The Kier molecular flexibility index (Phi) is 7.37. The number of likely N-dealkylation sites (tertiary alicyclic amines) is 1. The van der Waals surface area contributed by atoms with Crippen LogP contribution < -0.4 is 10.1 Å². The predicted molar refractivity (Wildman–Crippen MR) is 138 cm³/mol. The molecule has 0 unspecified atom stereocenters. The maximum absolute atomic E-state index is 13.8. The number of carbonyl (C=O) groups is 2. The molecule has 3 saturated heterocycles. The van der Waals surface area contributed by atoms with Crippen LogP contribution in [0.3, 0.4) is 0 Å². The molecule has 1 N–H and O–H groups in total. The van der Waals surface area contributed by atoms with Gasteiger partial charge in [0.1, 0.15) is 5.75 Å².